The molecule has 0 saturated carbocycles. The zero-order valence-electron chi connectivity index (χ0n) is 11.0. The summed E-state index contributed by atoms with van der Waals surface area (Å²) in [5.74, 6) is -1.05. The maximum atomic E-state index is 13.6. The van der Waals surface area contributed by atoms with E-state index in [2.05, 4.69) is 5.32 Å². The number of halogens is 2. The van der Waals surface area contributed by atoms with Gasteiger partial charge < -0.3 is 10.1 Å². The molecule has 1 N–H and O–H groups in total. The molecular weight excluding hydrogens is 264 g/mol. The van der Waals surface area contributed by atoms with Crippen LogP contribution in [0.15, 0.2) is 36.4 Å². The molecule has 0 aliphatic carbocycles. The first-order valence-corrected chi connectivity index (χ1v) is 5.92. The van der Waals surface area contributed by atoms with Gasteiger partial charge in [0, 0.05) is 11.6 Å². The summed E-state index contributed by atoms with van der Waals surface area (Å²) in [5.41, 5.74) is 0.617. The van der Waals surface area contributed by atoms with Gasteiger partial charge in [-0.05, 0) is 42.8 Å². The van der Waals surface area contributed by atoms with Crippen molar-refractivity contribution in [3.05, 3.63) is 59.2 Å². The van der Waals surface area contributed by atoms with E-state index in [0.29, 0.717) is 11.3 Å². The second kappa shape index (κ2) is 5.69. The van der Waals surface area contributed by atoms with Crippen molar-refractivity contribution < 1.29 is 18.3 Å². The van der Waals surface area contributed by atoms with Crippen molar-refractivity contribution in [1.82, 2.24) is 0 Å². The number of hydrogen-bond acceptors (Lipinski definition) is 2. The summed E-state index contributed by atoms with van der Waals surface area (Å²) in [6.45, 7) is 1.55. The molecule has 3 nitrogen and oxygen atoms in total. The van der Waals surface area contributed by atoms with Crippen LogP contribution < -0.4 is 10.1 Å². The summed E-state index contributed by atoms with van der Waals surface area (Å²) in [6, 6.07) is 7.98. The molecule has 0 heterocycles. The average molecular weight is 277 g/mol. The molecule has 0 radical (unpaired) electrons. The first kappa shape index (κ1) is 14.0. The zero-order chi connectivity index (χ0) is 14.7. The number of methoxy groups -OCH3 is 1. The van der Waals surface area contributed by atoms with Crippen LogP contribution in [0.3, 0.4) is 0 Å². The third kappa shape index (κ3) is 2.93. The number of benzene rings is 2. The number of aryl methyl sites for hydroxylation is 1. The molecule has 20 heavy (non-hydrogen) atoms. The summed E-state index contributed by atoms with van der Waals surface area (Å²) in [5, 5.41) is 2.43. The molecule has 5 heteroatoms. The van der Waals surface area contributed by atoms with Gasteiger partial charge in [0.25, 0.3) is 5.91 Å². The van der Waals surface area contributed by atoms with Crippen LogP contribution in [0.2, 0.25) is 0 Å². The van der Waals surface area contributed by atoms with Gasteiger partial charge >= 0.3 is 0 Å². The van der Waals surface area contributed by atoms with E-state index in [9.17, 15) is 13.6 Å². The Bertz CT molecular complexity index is 656. The van der Waals surface area contributed by atoms with E-state index in [-0.39, 0.29) is 11.3 Å². The summed E-state index contributed by atoms with van der Waals surface area (Å²) in [6.07, 6.45) is 0. The van der Waals surface area contributed by atoms with Gasteiger partial charge in [-0.3, -0.25) is 4.79 Å². The Morgan fingerprint density at radius 1 is 1.10 bits per heavy atom. The zero-order valence-corrected chi connectivity index (χ0v) is 11.0. The quantitative estimate of drug-likeness (QED) is 0.932. The lowest BCUT2D eigenvalue weighted by Crippen LogP contribution is -2.13. The van der Waals surface area contributed by atoms with E-state index in [0.717, 1.165) is 0 Å². The maximum Gasteiger partial charge on any atom is 0.255 e. The highest BCUT2D eigenvalue weighted by Gasteiger charge is 2.11. The van der Waals surface area contributed by atoms with Crippen molar-refractivity contribution in [2.45, 2.75) is 6.92 Å². The third-order valence-corrected chi connectivity index (χ3v) is 2.84. The lowest BCUT2D eigenvalue weighted by Gasteiger charge is -2.09. The van der Waals surface area contributed by atoms with Crippen molar-refractivity contribution in [3.63, 3.8) is 0 Å². The molecule has 0 fully saturated rings. The number of carbonyl (C=O) groups is 1. The summed E-state index contributed by atoms with van der Waals surface area (Å²) >= 11 is 0. The average Bonchev–Trinajstić information content (AvgIpc) is 2.44. The van der Waals surface area contributed by atoms with E-state index in [1.54, 1.807) is 6.92 Å². The highest BCUT2D eigenvalue weighted by molar-refractivity contribution is 6.04. The normalized spacial score (nSPS) is 10.2. The van der Waals surface area contributed by atoms with Gasteiger partial charge in [0.2, 0.25) is 0 Å². The van der Waals surface area contributed by atoms with E-state index < -0.39 is 17.5 Å². The predicted molar refractivity (Wildman–Crippen MR) is 72.0 cm³/mol. The van der Waals surface area contributed by atoms with Gasteiger partial charge in [-0.2, -0.15) is 0 Å². The van der Waals surface area contributed by atoms with Crippen LogP contribution in [0, 0.1) is 18.6 Å². The molecule has 2 rings (SSSR count). The second-order valence-electron chi connectivity index (χ2n) is 4.26. The fraction of sp³-hybridized carbons (Fsp3) is 0.133. The molecule has 2 aromatic rings. The van der Waals surface area contributed by atoms with Gasteiger partial charge in [0.05, 0.1) is 12.8 Å². The summed E-state index contributed by atoms with van der Waals surface area (Å²) < 4.78 is 31.7. The molecule has 1 amide bonds. The van der Waals surface area contributed by atoms with Crippen LogP contribution in [0.4, 0.5) is 14.5 Å². The van der Waals surface area contributed by atoms with Crippen LogP contribution in [0.1, 0.15) is 15.9 Å². The monoisotopic (exact) mass is 277 g/mol. The highest BCUT2D eigenvalue weighted by atomic mass is 19.1. The molecule has 0 aliphatic rings. The lowest BCUT2D eigenvalue weighted by molar-refractivity contribution is 0.102. The fourth-order valence-corrected chi connectivity index (χ4v) is 1.71. The molecule has 0 unspecified atom stereocenters. The van der Waals surface area contributed by atoms with E-state index >= 15 is 0 Å². The largest absolute Gasteiger partial charge is 0.497 e. The minimum absolute atomic E-state index is 0.0105. The van der Waals surface area contributed by atoms with Gasteiger partial charge in [0.15, 0.2) is 0 Å². The van der Waals surface area contributed by atoms with Crippen molar-refractivity contribution in [3.8, 4) is 5.75 Å². The van der Waals surface area contributed by atoms with Crippen molar-refractivity contribution in [2.24, 2.45) is 0 Å². The number of rotatable bonds is 3. The molecule has 0 saturated heterocycles. The van der Waals surface area contributed by atoms with Crippen LogP contribution >= 0.6 is 0 Å². The SMILES string of the molecule is COc1ccc(F)c(NC(=O)c2ccc(F)c(C)c2)c1. The number of amides is 1. The molecule has 2 aromatic carbocycles. The highest BCUT2D eigenvalue weighted by Crippen LogP contribution is 2.22. The van der Waals surface area contributed by atoms with Crippen LogP contribution in [-0.4, -0.2) is 13.0 Å². The topological polar surface area (TPSA) is 38.3 Å². The Kier molecular flexibility index (Phi) is 3.98. The summed E-state index contributed by atoms with van der Waals surface area (Å²) in [7, 11) is 1.45. The smallest absolute Gasteiger partial charge is 0.255 e. The Balaban J connectivity index is 2.25. The van der Waals surface area contributed by atoms with Gasteiger partial charge in [-0.1, -0.05) is 0 Å². The fourth-order valence-electron chi connectivity index (χ4n) is 1.71. The molecular formula is C15H13F2NO2. The maximum absolute atomic E-state index is 13.6. The third-order valence-electron chi connectivity index (χ3n) is 2.84. The van der Waals surface area contributed by atoms with Crippen molar-refractivity contribution in [2.75, 3.05) is 12.4 Å². The molecule has 0 spiro atoms. The molecule has 104 valence electrons. The predicted octanol–water partition coefficient (Wildman–Crippen LogP) is 3.53. The minimum Gasteiger partial charge on any atom is -0.497 e. The number of hydrogen-bond donors (Lipinski definition) is 1. The summed E-state index contributed by atoms with van der Waals surface area (Å²) in [4.78, 5) is 12.0. The number of anilines is 1. The van der Waals surface area contributed by atoms with E-state index in [4.69, 9.17) is 4.74 Å². The molecule has 0 atom stereocenters. The Morgan fingerprint density at radius 3 is 2.45 bits per heavy atom. The van der Waals surface area contributed by atoms with Crippen molar-refractivity contribution in [1.29, 1.82) is 0 Å². The Labute approximate surface area is 115 Å². The van der Waals surface area contributed by atoms with Crippen LogP contribution in [-0.2, 0) is 0 Å². The number of ether oxygens (including phenoxy) is 1. The number of carbonyl (C=O) groups excluding carboxylic acids is 1. The van der Waals surface area contributed by atoms with E-state index in [1.165, 1.54) is 43.5 Å². The first-order valence-electron chi connectivity index (χ1n) is 5.92. The van der Waals surface area contributed by atoms with Crippen LogP contribution in [0.5, 0.6) is 5.75 Å². The number of nitrogens with one attached hydrogen (secondary N) is 1. The standard InChI is InChI=1S/C15H13F2NO2/c1-9-7-10(3-5-12(9)16)15(19)18-14-8-11(20-2)4-6-13(14)17/h3-8H,1-2H3,(H,18,19). The first-order chi connectivity index (χ1) is 9.51. The second-order valence-corrected chi connectivity index (χ2v) is 4.26. The molecule has 0 aliphatic heterocycles. The van der Waals surface area contributed by atoms with Gasteiger partial charge in [-0.25, -0.2) is 8.78 Å². The van der Waals surface area contributed by atoms with Gasteiger partial charge in [0.1, 0.15) is 17.4 Å². The van der Waals surface area contributed by atoms with Gasteiger partial charge in [-0.15, -0.1) is 0 Å². The van der Waals surface area contributed by atoms with E-state index in [1.807, 2.05) is 0 Å². The Hall–Kier alpha value is -2.43. The Morgan fingerprint density at radius 2 is 1.80 bits per heavy atom. The lowest BCUT2D eigenvalue weighted by atomic mass is 10.1. The van der Waals surface area contributed by atoms with Crippen molar-refractivity contribution >= 4 is 11.6 Å². The molecule has 0 bridgehead atoms. The van der Waals surface area contributed by atoms with Crippen LogP contribution in [0.25, 0.3) is 0 Å². The minimum atomic E-state index is -0.571. The molecule has 0 aromatic heterocycles.